The second kappa shape index (κ2) is 9.01. The van der Waals surface area contributed by atoms with Crippen molar-refractivity contribution in [3.05, 3.63) is 0 Å². The van der Waals surface area contributed by atoms with E-state index < -0.39 is 27.9 Å². The Hall–Kier alpha value is 1.92. The number of hydrogen-bond donors (Lipinski definition) is 4. The van der Waals surface area contributed by atoms with Crippen LogP contribution in [0.4, 0.5) is 0 Å². The minimum absolute atomic E-state index is 0. The number of rotatable bonds is 0. The van der Waals surface area contributed by atoms with Crippen LogP contribution in [0.25, 0.3) is 0 Å². The Bertz CT molecular complexity index is 154. The molecule has 0 amide bonds. The fraction of sp³-hybridized carbons (Fsp3) is 0. The van der Waals surface area contributed by atoms with Crippen molar-refractivity contribution in [2.75, 3.05) is 0 Å². The van der Waals surface area contributed by atoms with Crippen LogP contribution in [0.1, 0.15) is 0 Å². The van der Waals surface area contributed by atoms with Gasteiger partial charge in [0.15, 0.2) is 0 Å². The van der Waals surface area contributed by atoms with Gasteiger partial charge < -0.3 is 0 Å². The molecule has 0 aromatic carbocycles. The molecule has 0 aliphatic carbocycles. The summed E-state index contributed by atoms with van der Waals surface area (Å²) in [5, 5.41) is 0. The summed E-state index contributed by atoms with van der Waals surface area (Å²) in [5.74, 6) is 0. The molecule has 0 saturated heterocycles. The van der Waals surface area contributed by atoms with Crippen LogP contribution in [-0.2, 0) is 11.5 Å². The van der Waals surface area contributed by atoms with Crippen LogP contribution < -0.4 is 0 Å². The molecular weight excluding hydrogens is 309 g/mol. The maximum absolute atomic E-state index is 8.82. The molecule has 4 N–H and O–H groups in total. The van der Waals surface area contributed by atoms with Crippen LogP contribution in [0, 0.1) is 0 Å². The Balaban J connectivity index is -0.0000000910. The third-order valence-corrected chi connectivity index (χ3v) is 0. The van der Waals surface area contributed by atoms with Crippen molar-refractivity contribution in [3.63, 3.8) is 0 Å². The summed E-state index contributed by atoms with van der Waals surface area (Å²) >= 11 is -8.54. The van der Waals surface area contributed by atoms with Crippen molar-refractivity contribution in [1.82, 2.24) is 0 Å². The first-order valence-electron chi connectivity index (χ1n) is 1.23. The molecule has 0 heterocycles. The van der Waals surface area contributed by atoms with Gasteiger partial charge in [-0.05, 0) is 0 Å². The van der Waals surface area contributed by atoms with Crippen LogP contribution in [-0.4, -0.2) is 96.0 Å². The second-order valence-corrected chi connectivity index (χ2v) is 3.53. The molecular formula is H5KO7Se2. The van der Waals surface area contributed by atoms with Crippen molar-refractivity contribution in [2.45, 2.75) is 0 Å². The molecule has 0 bridgehead atoms. The van der Waals surface area contributed by atoms with Gasteiger partial charge in [0.2, 0.25) is 0 Å². The molecule has 0 unspecified atom stereocenters. The molecule has 0 aromatic rings. The predicted octanol–water partition coefficient (Wildman–Crippen LogP) is -3.99. The zero-order chi connectivity index (χ0) is 8.08. The van der Waals surface area contributed by atoms with Gasteiger partial charge >= 0.3 is 108 Å². The summed E-state index contributed by atoms with van der Waals surface area (Å²) in [4.78, 5) is 0. The first kappa shape index (κ1) is 17.9. The van der Waals surface area contributed by atoms with Crippen LogP contribution in [0.2, 0.25) is 0 Å². The van der Waals surface area contributed by atoms with Gasteiger partial charge in [-0.2, -0.15) is 0 Å². The fourth-order valence-corrected chi connectivity index (χ4v) is 0. The first-order chi connectivity index (χ1) is 3.73. The van der Waals surface area contributed by atoms with Gasteiger partial charge in [-0.15, -0.1) is 0 Å². The Kier molecular flexibility index (Phi) is 16.1. The van der Waals surface area contributed by atoms with E-state index in [9.17, 15) is 0 Å². The van der Waals surface area contributed by atoms with Gasteiger partial charge in [-0.25, -0.2) is 0 Å². The van der Waals surface area contributed by atoms with Crippen molar-refractivity contribution < 1.29 is 28.3 Å². The summed E-state index contributed by atoms with van der Waals surface area (Å²) in [7, 11) is 0. The van der Waals surface area contributed by atoms with E-state index in [2.05, 4.69) is 0 Å². The molecule has 0 fully saturated rings. The van der Waals surface area contributed by atoms with Gasteiger partial charge in [0.05, 0.1) is 0 Å². The second-order valence-electron chi connectivity index (χ2n) is 0.679. The van der Waals surface area contributed by atoms with E-state index in [-0.39, 0.29) is 51.4 Å². The van der Waals surface area contributed by atoms with Gasteiger partial charge in [0, 0.05) is 0 Å². The zero-order valence-electron chi connectivity index (χ0n) is 3.83. The molecule has 0 spiro atoms. The standard InChI is InChI=1S/K.H2O4Se.H2O3Se.H/c;1-5(2,3)4;1-4(2)3;/h;(H2,1,2,3,4);(H2,1,2,3);. The van der Waals surface area contributed by atoms with E-state index in [1.54, 1.807) is 0 Å². The Morgan fingerprint density at radius 3 is 1.10 bits per heavy atom. The molecule has 0 radical (unpaired) electrons. The summed E-state index contributed by atoms with van der Waals surface area (Å²) in [5.41, 5.74) is 0. The average molecular weight is 314 g/mol. The van der Waals surface area contributed by atoms with E-state index in [4.69, 9.17) is 28.3 Å². The third kappa shape index (κ3) is 215. The SMILES string of the molecule is O=[Se](=O)(O)O.O=[Se](O)O.[KH]. The van der Waals surface area contributed by atoms with Crippen LogP contribution in [0.3, 0.4) is 0 Å². The minimum atomic E-state index is -5.25. The summed E-state index contributed by atoms with van der Waals surface area (Å²) < 4.78 is 55.0. The Labute approximate surface area is 105 Å². The molecule has 0 aliphatic rings. The molecule has 7 nitrogen and oxygen atoms in total. The fourth-order valence-electron chi connectivity index (χ4n) is 0. The molecule has 0 saturated carbocycles. The molecule has 10 heteroatoms. The van der Waals surface area contributed by atoms with Crippen molar-refractivity contribution in [3.8, 4) is 0 Å². The molecule has 0 aliphatic heterocycles. The van der Waals surface area contributed by atoms with Gasteiger partial charge in [0.25, 0.3) is 0 Å². The van der Waals surface area contributed by atoms with Crippen LogP contribution >= 0.6 is 0 Å². The zero-order valence-corrected chi connectivity index (χ0v) is 7.26. The van der Waals surface area contributed by atoms with E-state index in [1.807, 2.05) is 0 Å². The van der Waals surface area contributed by atoms with Crippen molar-refractivity contribution in [1.29, 1.82) is 0 Å². The van der Waals surface area contributed by atoms with E-state index >= 15 is 0 Å². The van der Waals surface area contributed by atoms with E-state index in [0.717, 1.165) is 0 Å². The van der Waals surface area contributed by atoms with Crippen LogP contribution in [0.15, 0.2) is 0 Å². The Morgan fingerprint density at radius 1 is 1.10 bits per heavy atom. The molecule has 0 rings (SSSR count). The summed E-state index contributed by atoms with van der Waals surface area (Å²) in [6.45, 7) is 0. The average Bonchev–Trinajstić information content (AvgIpc) is 1.19. The topological polar surface area (TPSA) is 132 Å². The molecule has 0 aromatic heterocycles. The predicted molar refractivity (Wildman–Crippen MR) is 29.6 cm³/mol. The van der Waals surface area contributed by atoms with E-state index in [0.29, 0.717) is 0 Å². The van der Waals surface area contributed by atoms with Gasteiger partial charge in [-0.1, -0.05) is 0 Å². The normalized spacial score (nSPS) is 9.30. The third-order valence-electron chi connectivity index (χ3n) is 0. The summed E-state index contributed by atoms with van der Waals surface area (Å²) in [6, 6.07) is 0. The van der Waals surface area contributed by atoms with Gasteiger partial charge in [-0.3, -0.25) is 0 Å². The maximum atomic E-state index is 8.82. The van der Waals surface area contributed by atoms with Crippen molar-refractivity contribution in [2.24, 2.45) is 0 Å². The van der Waals surface area contributed by atoms with Crippen LogP contribution in [0.5, 0.6) is 0 Å². The van der Waals surface area contributed by atoms with Crippen molar-refractivity contribution >= 4 is 79.2 Å². The van der Waals surface area contributed by atoms with Gasteiger partial charge in [0.1, 0.15) is 0 Å². The number of hydrogen-bond acceptors (Lipinski definition) is 3. The molecule has 60 valence electrons. The van der Waals surface area contributed by atoms with E-state index in [1.165, 1.54) is 0 Å². The Morgan fingerprint density at radius 2 is 1.10 bits per heavy atom. The molecule has 10 heavy (non-hydrogen) atoms. The summed E-state index contributed by atoms with van der Waals surface area (Å²) in [6.07, 6.45) is 0. The molecule has 0 atom stereocenters. The monoisotopic (exact) mass is 316 g/mol. The quantitative estimate of drug-likeness (QED) is 0.335. The first-order valence-corrected chi connectivity index (χ1v) is 6.39.